The Morgan fingerprint density at radius 2 is 0.899 bits per heavy atom. The summed E-state index contributed by atoms with van der Waals surface area (Å²) in [5.41, 5.74) is 0. The van der Waals surface area contributed by atoms with Crippen LogP contribution in [-0.4, -0.2) is 87.5 Å². The molecule has 69 heavy (non-hydrogen) atoms. The third-order valence-corrected chi connectivity index (χ3v) is 13.6. The minimum atomic E-state index is -1.57. The zero-order valence-electron chi connectivity index (χ0n) is 44.6. The van der Waals surface area contributed by atoms with Gasteiger partial charge in [-0.1, -0.05) is 254 Å². The molecule has 0 radical (unpaired) electrons. The highest BCUT2D eigenvalue weighted by atomic mass is 16.7. The van der Waals surface area contributed by atoms with Crippen LogP contribution in [-0.2, 0) is 14.3 Å². The van der Waals surface area contributed by atoms with Crippen LogP contribution in [0.2, 0.25) is 0 Å². The van der Waals surface area contributed by atoms with Crippen molar-refractivity contribution in [1.29, 1.82) is 0 Å². The highest BCUT2D eigenvalue weighted by molar-refractivity contribution is 5.76. The molecule has 1 fully saturated rings. The second-order valence-electron chi connectivity index (χ2n) is 20.1. The number of nitrogens with one attached hydrogen (secondary N) is 1. The normalized spacial score (nSPS) is 19.9. The number of carbonyl (C=O) groups excluding carboxylic acids is 1. The van der Waals surface area contributed by atoms with E-state index in [1.807, 2.05) is 6.08 Å². The van der Waals surface area contributed by atoms with Gasteiger partial charge in [-0.2, -0.15) is 0 Å². The molecule has 7 unspecified atom stereocenters. The lowest BCUT2D eigenvalue weighted by molar-refractivity contribution is -0.302. The standard InChI is InChI=1S/C60H109NO8/c1-3-5-7-9-11-13-15-17-19-21-22-23-24-25-26-27-28-29-30-31-32-34-35-37-39-41-43-45-47-49-54(63)53(52-68-60-59(67)58(66)57(65)55(51-62)69-60)61-56(64)50-48-46-44-42-40-38-36-33-20-18-16-14-12-10-8-6-4-2/h6,8,12,14,18,20,36,38,47,49,53-55,57-60,62-63,65-67H,3-5,7,9-11,13,15-17,19,21-35,37,39-46,48,50-52H2,1-2H3,(H,61,64)/b8-6-,14-12-,20-18-,38-36-,49-47+. The first-order chi connectivity index (χ1) is 33.8. The molecule has 1 rings (SSSR count). The molecule has 1 heterocycles. The maximum Gasteiger partial charge on any atom is 0.220 e. The van der Waals surface area contributed by atoms with Crippen LogP contribution in [0.25, 0.3) is 0 Å². The van der Waals surface area contributed by atoms with E-state index in [1.54, 1.807) is 6.08 Å². The predicted octanol–water partition coefficient (Wildman–Crippen LogP) is 14.3. The van der Waals surface area contributed by atoms with E-state index in [2.05, 4.69) is 67.8 Å². The largest absolute Gasteiger partial charge is 0.394 e. The minimum Gasteiger partial charge on any atom is -0.394 e. The molecule has 0 aromatic rings. The smallest absolute Gasteiger partial charge is 0.220 e. The number of hydrogen-bond acceptors (Lipinski definition) is 8. The van der Waals surface area contributed by atoms with Gasteiger partial charge in [-0.05, 0) is 57.8 Å². The Hall–Kier alpha value is -2.11. The number of hydrogen-bond donors (Lipinski definition) is 6. The Balaban J connectivity index is 2.21. The maximum absolute atomic E-state index is 13.0. The number of aliphatic hydroxyl groups excluding tert-OH is 5. The Morgan fingerprint density at radius 1 is 0.507 bits per heavy atom. The number of aliphatic hydroxyl groups is 5. The van der Waals surface area contributed by atoms with Crippen LogP contribution in [0.3, 0.4) is 0 Å². The van der Waals surface area contributed by atoms with Crippen LogP contribution >= 0.6 is 0 Å². The summed E-state index contributed by atoms with van der Waals surface area (Å²) in [6.07, 6.45) is 60.1. The molecule has 0 bridgehead atoms. The molecule has 9 nitrogen and oxygen atoms in total. The zero-order chi connectivity index (χ0) is 50.1. The number of amides is 1. The topological polar surface area (TPSA) is 149 Å². The van der Waals surface area contributed by atoms with Gasteiger partial charge in [-0.25, -0.2) is 0 Å². The molecule has 9 heteroatoms. The summed E-state index contributed by atoms with van der Waals surface area (Å²) in [5.74, 6) is -0.200. The molecule has 0 aromatic heterocycles. The summed E-state index contributed by atoms with van der Waals surface area (Å²) in [6.45, 7) is 3.67. The molecule has 0 spiro atoms. The van der Waals surface area contributed by atoms with Crippen molar-refractivity contribution >= 4 is 5.91 Å². The molecule has 0 saturated carbocycles. The molecule has 402 valence electrons. The summed E-state index contributed by atoms with van der Waals surface area (Å²) in [4.78, 5) is 13.0. The monoisotopic (exact) mass is 972 g/mol. The van der Waals surface area contributed by atoms with E-state index >= 15 is 0 Å². The van der Waals surface area contributed by atoms with Crippen molar-refractivity contribution in [2.75, 3.05) is 13.2 Å². The summed E-state index contributed by atoms with van der Waals surface area (Å²) >= 11 is 0. The van der Waals surface area contributed by atoms with Crippen LogP contribution in [0.4, 0.5) is 0 Å². The number of unbranched alkanes of at least 4 members (excludes halogenated alkanes) is 31. The maximum atomic E-state index is 13.0. The molecule has 6 N–H and O–H groups in total. The molecule has 1 aliphatic heterocycles. The van der Waals surface area contributed by atoms with Gasteiger partial charge in [0.2, 0.25) is 5.91 Å². The van der Waals surface area contributed by atoms with Crippen molar-refractivity contribution in [3.63, 3.8) is 0 Å². The first-order valence-electron chi connectivity index (χ1n) is 29.0. The van der Waals surface area contributed by atoms with E-state index in [1.165, 1.54) is 161 Å². The molecule has 0 aliphatic carbocycles. The van der Waals surface area contributed by atoms with E-state index in [0.717, 1.165) is 77.0 Å². The Bertz CT molecular complexity index is 1270. The van der Waals surface area contributed by atoms with Crippen molar-refractivity contribution < 1.29 is 39.8 Å². The van der Waals surface area contributed by atoms with Crippen LogP contribution in [0.5, 0.6) is 0 Å². The van der Waals surface area contributed by atoms with Crippen LogP contribution in [0.15, 0.2) is 60.8 Å². The van der Waals surface area contributed by atoms with Crippen LogP contribution in [0.1, 0.15) is 258 Å². The lowest BCUT2D eigenvalue weighted by Crippen LogP contribution is -2.60. The minimum absolute atomic E-state index is 0.200. The van der Waals surface area contributed by atoms with E-state index in [0.29, 0.717) is 6.42 Å². The molecule has 1 aliphatic rings. The van der Waals surface area contributed by atoms with E-state index in [4.69, 9.17) is 9.47 Å². The SMILES string of the molecule is CC/C=C\C/C=C\C/C=C\C/C=C\CCCCCCC(=O)NC(COC1OC(CO)C(O)C(O)C1O)C(O)/C=C/CCCCCCCCCCCCCCCCCCCCCCCCCCCCC. The molecular weight excluding hydrogens is 863 g/mol. The van der Waals surface area contributed by atoms with Gasteiger partial charge in [-0.3, -0.25) is 4.79 Å². The van der Waals surface area contributed by atoms with Crippen LogP contribution < -0.4 is 5.32 Å². The fourth-order valence-corrected chi connectivity index (χ4v) is 9.03. The first kappa shape index (κ1) is 64.9. The number of allylic oxidation sites excluding steroid dienone is 9. The highest BCUT2D eigenvalue weighted by Gasteiger charge is 2.44. The highest BCUT2D eigenvalue weighted by Crippen LogP contribution is 2.23. The second kappa shape index (κ2) is 49.5. The zero-order valence-corrected chi connectivity index (χ0v) is 44.6. The van der Waals surface area contributed by atoms with Gasteiger partial charge in [0, 0.05) is 6.42 Å². The number of carbonyl (C=O) groups is 1. The Labute approximate surface area is 424 Å². The van der Waals surface area contributed by atoms with Gasteiger partial charge >= 0.3 is 0 Å². The van der Waals surface area contributed by atoms with Crippen molar-refractivity contribution in [3.8, 4) is 0 Å². The van der Waals surface area contributed by atoms with Gasteiger partial charge in [0.15, 0.2) is 6.29 Å². The lowest BCUT2D eigenvalue weighted by Gasteiger charge is -2.40. The van der Waals surface area contributed by atoms with Crippen molar-refractivity contribution in [2.45, 2.75) is 301 Å². The summed E-state index contributed by atoms with van der Waals surface area (Å²) in [6, 6.07) is -0.821. The molecule has 7 atom stereocenters. The third-order valence-electron chi connectivity index (χ3n) is 13.6. The fourth-order valence-electron chi connectivity index (χ4n) is 9.03. The van der Waals surface area contributed by atoms with Crippen molar-refractivity contribution in [3.05, 3.63) is 60.8 Å². The Morgan fingerprint density at radius 3 is 1.33 bits per heavy atom. The second-order valence-corrected chi connectivity index (χ2v) is 20.1. The predicted molar refractivity (Wildman–Crippen MR) is 290 cm³/mol. The third kappa shape index (κ3) is 39.1. The Kier molecular flexibility index (Phi) is 46.5. The summed E-state index contributed by atoms with van der Waals surface area (Å²) in [7, 11) is 0. The van der Waals surface area contributed by atoms with Gasteiger partial charge in [0.25, 0.3) is 0 Å². The quantitative estimate of drug-likeness (QED) is 0.0261. The molecule has 1 saturated heterocycles. The number of rotatable bonds is 49. The van der Waals surface area contributed by atoms with Gasteiger partial charge in [-0.15, -0.1) is 0 Å². The van der Waals surface area contributed by atoms with Crippen LogP contribution in [0, 0.1) is 0 Å². The molecule has 0 aromatic carbocycles. The lowest BCUT2D eigenvalue weighted by atomic mass is 9.99. The summed E-state index contributed by atoms with van der Waals surface area (Å²) in [5, 5.41) is 54.5. The van der Waals surface area contributed by atoms with E-state index in [-0.39, 0.29) is 12.5 Å². The average Bonchev–Trinajstić information content (AvgIpc) is 3.35. The molecular formula is C60H109NO8. The van der Waals surface area contributed by atoms with E-state index < -0.39 is 49.5 Å². The van der Waals surface area contributed by atoms with Gasteiger partial charge in [0.1, 0.15) is 24.4 Å². The fraction of sp³-hybridized carbons (Fsp3) is 0.817. The molecule has 1 amide bonds. The average molecular weight is 973 g/mol. The summed E-state index contributed by atoms with van der Waals surface area (Å²) < 4.78 is 11.3. The van der Waals surface area contributed by atoms with Gasteiger partial charge in [0.05, 0.1) is 25.4 Å². The van der Waals surface area contributed by atoms with Crippen molar-refractivity contribution in [2.24, 2.45) is 0 Å². The first-order valence-corrected chi connectivity index (χ1v) is 29.0. The van der Waals surface area contributed by atoms with Gasteiger partial charge < -0.3 is 40.3 Å². The number of ether oxygens (including phenoxy) is 2. The van der Waals surface area contributed by atoms with E-state index in [9.17, 15) is 30.3 Å². The van der Waals surface area contributed by atoms with Crippen molar-refractivity contribution in [1.82, 2.24) is 5.32 Å².